The lowest BCUT2D eigenvalue weighted by Crippen LogP contribution is -2.43. The molecule has 5 rings (SSSR count). The second kappa shape index (κ2) is 8.80. The molecule has 0 radical (unpaired) electrons. The number of nitrogens with zero attached hydrogens (tertiary/aromatic N) is 3. The van der Waals surface area contributed by atoms with Gasteiger partial charge in [-0.25, -0.2) is 4.98 Å². The Hall–Kier alpha value is -3.10. The Labute approximate surface area is 187 Å². The molecule has 3 aromatic rings. The molecule has 0 bridgehead atoms. The minimum absolute atomic E-state index is 0.177. The molecule has 0 spiro atoms. The summed E-state index contributed by atoms with van der Waals surface area (Å²) >= 11 is 0. The molecule has 0 amide bonds. The van der Waals surface area contributed by atoms with Crippen molar-refractivity contribution in [3.05, 3.63) is 57.4 Å². The highest BCUT2D eigenvalue weighted by atomic mass is 16.5. The van der Waals surface area contributed by atoms with E-state index < -0.39 is 0 Å². The van der Waals surface area contributed by atoms with Gasteiger partial charge in [0.2, 0.25) is 5.95 Å². The van der Waals surface area contributed by atoms with Crippen molar-refractivity contribution in [2.75, 3.05) is 51.8 Å². The largest absolute Gasteiger partial charge is 0.493 e. The van der Waals surface area contributed by atoms with Crippen molar-refractivity contribution in [1.29, 1.82) is 0 Å². The standard InChI is InChI=1S/C24H29N5O3/c1-31-21-12-19-20(13-22(21)32-2)26-24(27-23(19)30)29-9-6-18-16(4-3-5-17(18)15-29)14-28-10-7-25-8-11-28/h3-5,12-13,25H,6-11,14-15H2,1-2H3,(H,26,27,30). The van der Waals surface area contributed by atoms with E-state index in [2.05, 4.69) is 38.3 Å². The third kappa shape index (κ3) is 3.91. The number of nitrogens with one attached hydrogen (secondary N) is 2. The number of anilines is 1. The normalized spacial score (nSPS) is 16.8. The van der Waals surface area contributed by atoms with E-state index in [-0.39, 0.29) is 5.56 Å². The van der Waals surface area contributed by atoms with Crippen LogP contribution in [-0.2, 0) is 19.5 Å². The molecule has 2 aliphatic heterocycles. The summed E-state index contributed by atoms with van der Waals surface area (Å²) in [5.74, 6) is 1.67. The summed E-state index contributed by atoms with van der Waals surface area (Å²) in [4.78, 5) is 25.2. The molecular weight excluding hydrogens is 406 g/mol. The summed E-state index contributed by atoms with van der Waals surface area (Å²) in [6.07, 6.45) is 0.936. The third-order valence-electron chi connectivity index (χ3n) is 6.46. The molecule has 2 aliphatic rings. The van der Waals surface area contributed by atoms with Gasteiger partial charge in [-0.15, -0.1) is 0 Å². The average molecular weight is 436 g/mol. The smallest absolute Gasteiger partial charge is 0.260 e. The maximum atomic E-state index is 12.8. The van der Waals surface area contributed by atoms with Crippen molar-refractivity contribution < 1.29 is 9.47 Å². The van der Waals surface area contributed by atoms with Gasteiger partial charge in [-0.3, -0.25) is 14.7 Å². The highest BCUT2D eigenvalue weighted by Crippen LogP contribution is 2.31. The second-order valence-corrected chi connectivity index (χ2v) is 8.37. The van der Waals surface area contributed by atoms with Crippen LogP contribution in [0.15, 0.2) is 35.1 Å². The number of benzene rings is 2. The highest BCUT2D eigenvalue weighted by molar-refractivity contribution is 5.82. The van der Waals surface area contributed by atoms with E-state index in [1.165, 1.54) is 16.7 Å². The van der Waals surface area contributed by atoms with Gasteiger partial charge in [0, 0.05) is 51.9 Å². The van der Waals surface area contributed by atoms with Gasteiger partial charge in [-0.2, -0.15) is 0 Å². The Morgan fingerprint density at radius 1 is 1.06 bits per heavy atom. The molecule has 8 heteroatoms. The van der Waals surface area contributed by atoms with Crippen LogP contribution in [0.3, 0.4) is 0 Å². The van der Waals surface area contributed by atoms with Crippen molar-refractivity contribution in [1.82, 2.24) is 20.2 Å². The number of aromatic amines is 1. The van der Waals surface area contributed by atoms with Gasteiger partial charge in [-0.1, -0.05) is 18.2 Å². The predicted octanol–water partition coefficient (Wildman–Crippen LogP) is 1.91. The first-order valence-corrected chi connectivity index (χ1v) is 11.1. The number of methoxy groups -OCH3 is 2. The van der Waals surface area contributed by atoms with Gasteiger partial charge < -0.3 is 19.7 Å². The van der Waals surface area contributed by atoms with Crippen LogP contribution in [0.5, 0.6) is 11.5 Å². The molecule has 0 saturated carbocycles. The molecule has 32 heavy (non-hydrogen) atoms. The fourth-order valence-corrected chi connectivity index (χ4v) is 4.73. The molecule has 1 fully saturated rings. The maximum Gasteiger partial charge on any atom is 0.260 e. The van der Waals surface area contributed by atoms with E-state index in [1.54, 1.807) is 26.4 Å². The van der Waals surface area contributed by atoms with E-state index in [0.29, 0.717) is 28.4 Å². The maximum absolute atomic E-state index is 12.8. The molecule has 1 saturated heterocycles. The van der Waals surface area contributed by atoms with Crippen LogP contribution in [-0.4, -0.2) is 61.8 Å². The Morgan fingerprint density at radius 3 is 2.62 bits per heavy atom. The van der Waals surface area contributed by atoms with Crippen molar-refractivity contribution >= 4 is 16.9 Å². The van der Waals surface area contributed by atoms with Crippen LogP contribution in [0.2, 0.25) is 0 Å². The van der Waals surface area contributed by atoms with Crippen molar-refractivity contribution in [3.8, 4) is 11.5 Å². The molecule has 1 aromatic heterocycles. The zero-order valence-corrected chi connectivity index (χ0v) is 18.6. The molecule has 8 nitrogen and oxygen atoms in total. The Balaban J connectivity index is 1.43. The van der Waals surface area contributed by atoms with E-state index in [4.69, 9.17) is 14.5 Å². The number of H-pyrrole nitrogens is 1. The predicted molar refractivity (Wildman–Crippen MR) is 125 cm³/mol. The lowest BCUT2D eigenvalue weighted by molar-refractivity contribution is 0.232. The highest BCUT2D eigenvalue weighted by Gasteiger charge is 2.22. The van der Waals surface area contributed by atoms with Crippen LogP contribution < -0.4 is 25.2 Å². The molecular formula is C24H29N5O3. The van der Waals surface area contributed by atoms with Crippen molar-refractivity contribution in [2.24, 2.45) is 0 Å². The molecule has 3 heterocycles. The first kappa shape index (κ1) is 20.8. The molecule has 0 unspecified atom stereocenters. The lowest BCUT2D eigenvalue weighted by atomic mass is 9.94. The Morgan fingerprint density at radius 2 is 1.84 bits per heavy atom. The number of ether oxygens (including phenoxy) is 2. The minimum atomic E-state index is -0.177. The van der Waals surface area contributed by atoms with Crippen molar-refractivity contribution in [3.63, 3.8) is 0 Å². The molecule has 168 valence electrons. The number of aromatic nitrogens is 2. The van der Waals surface area contributed by atoms with E-state index >= 15 is 0 Å². The summed E-state index contributed by atoms with van der Waals surface area (Å²) in [5, 5.41) is 3.91. The summed E-state index contributed by atoms with van der Waals surface area (Å²) < 4.78 is 10.7. The first-order chi connectivity index (χ1) is 15.7. The van der Waals surface area contributed by atoms with Gasteiger partial charge in [0.05, 0.1) is 25.1 Å². The Kier molecular flexibility index (Phi) is 5.71. The van der Waals surface area contributed by atoms with Crippen LogP contribution in [0.25, 0.3) is 10.9 Å². The molecule has 2 N–H and O–H groups in total. The summed E-state index contributed by atoms with van der Waals surface area (Å²) in [6, 6.07) is 10.0. The minimum Gasteiger partial charge on any atom is -0.493 e. The number of fused-ring (bicyclic) bond motifs is 2. The van der Waals surface area contributed by atoms with Gasteiger partial charge in [0.25, 0.3) is 5.56 Å². The second-order valence-electron chi connectivity index (χ2n) is 8.37. The van der Waals surface area contributed by atoms with E-state index in [0.717, 1.165) is 52.2 Å². The van der Waals surface area contributed by atoms with Crippen LogP contribution in [0.1, 0.15) is 16.7 Å². The number of hydrogen-bond acceptors (Lipinski definition) is 7. The number of hydrogen-bond donors (Lipinski definition) is 2. The molecule has 0 aliphatic carbocycles. The van der Waals surface area contributed by atoms with Gasteiger partial charge in [-0.05, 0) is 29.2 Å². The van der Waals surface area contributed by atoms with Crippen LogP contribution >= 0.6 is 0 Å². The first-order valence-electron chi connectivity index (χ1n) is 11.1. The number of piperazine rings is 1. The number of rotatable bonds is 5. The van der Waals surface area contributed by atoms with Gasteiger partial charge in [0.1, 0.15) is 0 Å². The van der Waals surface area contributed by atoms with Crippen molar-refractivity contribution in [2.45, 2.75) is 19.5 Å². The topological polar surface area (TPSA) is 82.7 Å². The molecule has 0 atom stereocenters. The van der Waals surface area contributed by atoms with Gasteiger partial charge >= 0.3 is 0 Å². The monoisotopic (exact) mass is 435 g/mol. The van der Waals surface area contributed by atoms with Crippen LogP contribution in [0.4, 0.5) is 5.95 Å². The summed E-state index contributed by atoms with van der Waals surface area (Å²) in [5.41, 5.74) is 4.58. The lowest BCUT2D eigenvalue weighted by Gasteiger charge is -2.32. The fraction of sp³-hybridized carbons (Fsp3) is 0.417. The third-order valence-corrected chi connectivity index (χ3v) is 6.46. The quantitative estimate of drug-likeness (QED) is 0.634. The zero-order valence-electron chi connectivity index (χ0n) is 18.6. The summed E-state index contributed by atoms with van der Waals surface area (Å²) in [6.45, 7) is 6.83. The van der Waals surface area contributed by atoms with E-state index in [1.807, 2.05) is 0 Å². The van der Waals surface area contributed by atoms with E-state index in [9.17, 15) is 4.79 Å². The molecule has 2 aromatic carbocycles. The average Bonchev–Trinajstić information content (AvgIpc) is 2.83. The zero-order chi connectivity index (χ0) is 22.1. The SMILES string of the molecule is COc1cc2nc(N3CCc4c(CN5CCNCC5)cccc4C3)[nH]c(=O)c2cc1OC. The van der Waals surface area contributed by atoms with Crippen LogP contribution in [0, 0.1) is 0 Å². The summed E-state index contributed by atoms with van der Waals surface area (Å²) in [7, 11) is 3.14. The Bertz CT molecular complexity index is 1190. The fourth-order valence-electron chi connectivity index (χ4n) is 4.73. The van der Waals surface area contributed by atoms with Gasteiger partial charge in [0.15, 0.2) is 11.5 Å².